The maximum Gasteiger partial charge on any atom is 0.161 e. The van der Waals surface area contributed by atoms with Gasteiger partial charge in [-0.2, -0.15) is 0 Å². The Bertz CT molecular complexity index is 608. The van der Waals surface area contributed by atoms with E-state index < -0.39 is 0 Å². The second-order valence-corrected chi connectivity index (χ2v) is 6.07. The number of hydrogen-bond acceptors (Lipinski definition) is 5. The van der Waals surface area contributed by atoms with Crippen molar-refractivity contribution in [3.05, 3.63) is 28.8 Å². The van der Waals surface area contributed by atoms with Crippen molar-refractivity contribution >= 4 is 11.3 Å². The summed E-state index contributed by atoms with van der Waals surface area (Å²) in [7, 11) is 1.65. The van der Waals surface area contributed by atoms with Crippen LogP contribution in [0.1, 0.15) is 37.3 Å². The Hall–Kier alpha value is -1.59. The topological polar surface area (TPSA) is 57.4 Å². The highest BCUT2D eigenvalue weighted by Crippen LogP contribution is 2.36. The minimum Gasteiger partial charge on any atom is -0.493 e. The molecule has 0 spiro atoms. The summed E-state index contributed by atoms with van der Waals surface area (Å²) in [6.45, 7) is 7.37. The monoisotopic (exact) mass is 306 g/mol. The van der Waals surface area contributed by atoms with Gasteiger partial charge in [-0.15, -0.1) is 11.3 Å². The Kier molecular flexibility index (Phi) is 5.20. The zero-order chi connectivity index (χ0) is 15.4. The van der Waals surface area contributed by atoms with Crippen molar-refractivity contribution in [1.29, 1.82) is 0 Å². The van der Waals surface area contributed by atoms with Crippen molar-refractivity contribution in [2.75, 3.05) is 13.7 Å². The predicted octanol–water partition coefficient (Wildman–Crippen LogP) is 3.80. The first-order chi connectivity index (χ1) is 10.1. The molecule has 1 aromatic carbocycles. The van der Waals surface area contributed by atoms with Crippen LogP contribution in [0.15, 0.2) is 18.2 Å². The molecule has 1 heterocycles. The van der Waals surface area contributed by atoms with Gasteiger partial charge in [-0.1, -0.05) is 13.8 Å². The molecule has 0 bridgehead atoms. The maximum absolute atomic E-state index is 5.83. The molecule has 0 unspecified atom stereocenters. The molecule has 2 N–H and O–H groups in total. The van der Waals surface area contributed by atoms with Crippen LogP contribution in [0.2, 0.25) is 0 Å². The molecule has 0 fully saturated rings. The molecule has 5 heteroatoms. The first-order valence-electron chi connectivity index (χ1n) is 7.11. The van der Waals surface area contributed by atoms with Crippen molar-refractivity contribution in [2.45, 2.75) is 33.2 Å². The third kappa shape index (κ3) is 3.36. The fourth-order valence-corrected chi connectivity index (χ4v) is 3.25. The van der Waals surface area contributed by atoms with Gasteiger partial charge >= 0.3 is 0 Å². The molecule has 2 rings (SSSR count). The van der Waals surface area contributed by atoms with Crippen LogP contribution >= 0.6 is 11.3 Å². The van der Waals surface area contributed by atoms with Gasteiger partial charge in [0.15, 0.2) is 11.5 Å². The van der Waals surface area contributed by atoms with Crippen molar-refractivity contribution in [3.63, 3.8) is 0 Å². The fourth-order valence-electron chi connectivity index (χ4n) is 2.16. The van der Waals surface area contributed by atoms with Crippen molar-refractivity contribution in [2.24, 2.45) is 5.73 Å². The van der Waals surface area contributed by atoms with E-state index in [0.29, 0.717) is 19.1 Å². The zero-order valence-corrected chi connectivity index (χ0v) is 13.8. The molecular formula is C16H22N2O2S. The normalized spacial score (nSPS) is 11.0. The predicted molar refractivity (Wildman–Crippen MR) is 87.3 cm³/mol. The summed E-state index contributed by atoms with van der Waals surface area (Å²) in [5.41, 5.74) is 7.94. The lowest BCUT2D eigenvalue weighted by Gasteiger charge is -2.10. The highest BCUT2D eigenvalue weighted by Gasteiger charge is 2.15. The smallest absolute Gasteiger partial charge is 0.161 e. The average molecular weight is 306 g/mol. The van der Waals surface area contributed by atoms with Crippen LogP contribution in [-0.2, 0) is 6.54 Å². The molecule has 0 saturated heterocycles. The van der Waals surface area contributed by atoms with Crippen molar-refractivity contribution in [3.8, 4) is 22.1 Å². The van der Waals surface area contributed by atoms with E-state index in [2.05, 4.69) is 13.8 Å². The van der Waals surface area contributed by atoms with E-state index in [4.69, 9.17) is 20.2 Å². The summed E-state index contributed by atoms with van der Waals surface area (Å²) < 4.78 is 10.9. The number of methoxy groups -OCH3 is 1. The van der Waals surface area contributed by atoms with Crippen LogP contribution < -0.4 is 15.2 Å². The first-order valence-corrected chi connectivity index (χ1v) is 7.93. The highest BCUT2D eigenvalue weighted by molar-refractivity contribution is 7.15. The van der Waals surface area contributed by atoms with Gasteiger partial charge in [-0.25, -0.2) is 4.98 Å². The molecule has 2 aromatic rings. The molecule has 1 aromatic heterocycles. The Labute approximate surface area is 129 Å². The van der Waals surface area contributed by atoms with Gasteiger partial charge in [0.1, 0.15) is 5.01 Å². The number of rotatable bonds is 6. The third-order valence-corrected chi connectivity index (χ3v) is 4.31. The number of ether oxygens (including phenoxy) is 2. The lowest BCUT2D eigenvalue weighted by atomic mass is 10.1. The van der Waals surface area contributed by atoms with E-state index in [0.717, 1.165) is 32.6 Å². The van der Waals surface area contributed by atoms with Gasteiger partial charge in [0.05, 0.1) is 19.4 Å². The van der Waals surface area contributed by atoms with Crippen molar-refractivity contribution < 1.29 is 9.47 Å². The summed E-state index contributed by atoms with van der Waals surface area (Å²) in [6.07, 6.45) is 0. The maximum atomic E-state index is 5.83. The molecule has 0 amide bonds. The Balaban J connectivity index is 2.42. The van der Waals surface area contributed by atoms with E-state index in [1.807, 2.05) is 25.1 Å². The molecule has 0 atom stereocenters. The van der Waals surface area contributed by atoms with Crippen LogP contribution in [-0.4, -0.2) is 18.7 Å². The Morgan fingerprint density at radius 2 is 2.05 bits per heavy atom. The summed E-state index contributed by atoms with van der Waals surface area (Å²) >= 11 is 1.65. The number of nitrogens with two attached hydrogens (primary N) is 1. The standard InChI is InChI=1S/C16H22N2O2S/c1-5-20-12-7-6-11(8-13(12)19-4)16-18-15(10(2)3)14(9-17)21-16/h6-8,10H,5,9,17H2,1-4H3. The molecule has 21 heavy (non-hydrogen) atoms. The van der Waals surface area contributed by atoms with Crippen LogP contribution in [0.25, 0.3) is 10.6 Å². The molecule has 114 valence electrons. The van der Waals surface area contributed by atoms with Gasteiger partial charge < -0.3 is 15.2 Å². The molecule has 0 radical (unpaired) electrons. The highest BCUT2D eigenvalue weighted by atomic mass is 32.1. The third-order valence-electron chi connectivity index (χ3n) is 3.17. The molecule has 0 saturated carbocycles. The van der Waals surface area contributed by atoms with E-state index in [1.54, 1.807) is 18.4 Å². The summed E-state index contributed by atoms with van der Waals surface area (Å²) in [6, 6.07) is 5.90. The second-order valence-electron chi connectivity index (χ2n) is 4.98. The van der Waals surface area contributed by atoms with Gasteiger partial charge in [0.2, 0.25) is 0 Å². The summed E-state index contributed by atoms with van der Waals surface area (Å²) in [5.74, 6) is 1.85. The van der Waals surface area contributed by atoms with Crippen LogP contribution in [0.5, 0.6) is 11.5 Å². The second kappa shape index (κ2) is 6.91. The van der Waals surface area contributed by atoms with Gasteiger partial charge in [-0.05, 0) is 31.0 Å². The molecule has 0 aliphatic rings. The number of nitrogens with zero attached hydrogens (tertiary/aromatic N) is 1. The molecule has 4 nitrogen and oxygen atoms in total. The number of aromatic nitrogens is 1. The first kappa shape index (κ1) is 15.8. The van der Waals surface area contributed by atoms with Crippen LogP contribution in [0.4, 0.5) is 0 Å². The lowest BCUT2D eigenvalue weighted by molar-refractivity contribution is 0.311. The number of thiazole rings is 1. The lowest BCUT2D eigenvalue weighted by Crippen LogP contribution is -1.99. The quantitative estimate of drug-likeness (QED) is 0.882. The van der Waals surface area contributed by atoms with Crippen LogP contribution in [0, 0.1) is 0 Å². The van der Waals surface area contributed by atoms with E-state index in [1.165, 1.54) is 0 Å². The van der Waals surface area contributed by atoms with Gasteiger partial charge in [0.25, 0.3) is 0 Å². The van der Waals surface area contributed by atoms with Crippen LogP contribution in [0.3, 0.4) is 0 Å². The minimum absolute atomic E-state index is 0.373. The Morgan fingerprint density at radius 3 is 2.57 bits per heavy atom. The fraction of sp³-hybridized carbons (Fsp3) is 0.438. The Morgan fingerprint density at radius 1 is 1.29 bits per heavy atom. The number of hydrogen-bond donors (Lipinski definition) is 1. The van der Waals surface area contributed by atoms with Crippen molar-refractivity contribution in [1.82, 2.24) is 4.98 Å². The summed E-state index contributed by atoms with van der Waals surface area (Å²) in [5, 5.41) is 0.973. The molecular weight excluding hydrogens is 284 g/mol. The van der Waals surface area contributed by atoms with E-state index >= 15 is 0 Å². The molecule has 0 aliphatic carbocycles. The van der Waals surface area contributed by atoms with E-state index in [9.17, 15) is 0 Å². The molecule has 0 aliphatic heterocycles. The average Bonchev–Trinajstić information content (AvgIpc) is 2.92. The van der Waals surface area contributed by atoms with Gasteiger partial charge in [-0.3, -0.25) is 0 Å². The van der Waals surface area contributed by atoms with E-state index in [-0.39, 0.29) is 0 Å². The zero-order valence-electron chi connectivity index (χ0n) is 13.0. The largest absolute Gasteiger partial charge is 0.493 e. The summed E-state index contributed by atoms with van der Waals surface area (Å²) in [4.78, 5) is 5.89. The minimum atomic E-state index is 0.373. The SMILES string of the molecule is CCOc1ccc(-c2nc(C(C)C)c(CN)s2)cc1OC. The van der Waals surface area contributed by atoms with Gasteiger partial charge in [0, 0.05) is 17.0 Å². The number of benzene rings is 1.